The fourth-order valence-corrected chi connectivity index (χ4v) is 2.01. The third kappa shape index (κ3) is 2.97. The van der Waals surface area contributed by atoms with Crippen LogP contribution in [0.25, 0.3) is 0 Å². The van der Waals surface area contributed by atoms with Gasteiger partial charge in [-0.1, -0.05) is 0 Å². The van der Waals surface area contributed by atoms with Crippen LogP contribution in [-0.2, 0) is 4.74 Å². The van der Waals surface area contributed by atoms with Gasteiger partial charge in [0.1, 0.15) is 5.75 Å². The van der Waals surface area contributed by atoms with Crippen LogP contribution in [0.1, 0.15) is 28.8 Å². The van der Waals surface area contributed by atoms with Crippen molar-refractivity contribution < 1.29 is 14.6 Å². The predicted octanol–water partition coefficient (Wildman–Crippen LogP) is 1.61. The number of hydrogen-bond acceptors (Lipinski definition) is 3. The lowest BCUT2D eigenvalue weighted by Gasteiger charge is -2.12. The Balaban J connectivity index is 1.94. The highest BCUT2D eigenvalue weighted by Crippen LogP contribution is 2.16. The van der Waals surface area contributed by atoms with Crippen molar-refractivity contribution in [1.29, 1.82) is 0 Å². The van der Waals surface area contributed by atoms with E-state index < -0.39 is 0 Å². The van der Waals surface area contributed by atoms with E-state index in [1.165, 1.54) is 6.07 Å². The lowest BCUT2D eigenvalue weighted by atomic mass is 10.1. The Hall–Kier alpha value is -1.55. The monoisotopic (exact) mass is 235 g/mol. The molecule has 17 heavy (non-hydrogen) atoms. The lowest BCUT2D eigenvalue weighted by Crippen LogP contribution is -2.32. The number of hydrogen-bond donors (Lipinski definition) is 2. The summed E-state index contributed by atoms with van der Waals surface area (Å²) < 4.78 is 5.43. The van der Waals surface area contributed by atoms with E-state index in [0.29, 0.717) is 12.1 Å². The molecule has 1 unspecified atom stereocenters. The van der Waals surface area contributed by atoms with Crippen LogP contribution in [0.15, 0.2) is 18.2 Å². The molecule has 2 rings (SSSR count). The summed E-state index contributed by atoms with van der Waals surface area (Å²) in [5, 5.41) is 12.1. The highest BCUT2D eigenvalue weighted by atomic mass is 16.5. The summed E-state index contributed by atoms with van der Waals surface area (Å²) in [4.78, 5) is 11.9. The Morgan fingerprint density at radius 2 is 2.41 bits per heavy atom. The maximum Gasteiger partial charge on any atom is 0.251 e. The Kier molecular flexibility index (Phi) is 3.64. The summed E-state index contributed by atoms with van der Waals surface area (Å²) in [6.07, 6.45) is 2.23. The van der Waals surface area contributed by atoms with E-state index in [9.17, 15) is 9.90 Å². The molecule has 1 saturated heterocycles. The maximum atomic E-state index is 11.9. The van der Waals surface area contributed by atoms with Crippen molar-refractivity contribution in [2.24, 2.45) is 0 Å². The predicted molar refractivity (Wildman–Crippen MR) is 64.2 cm³/mol. The van der Waals surface area contributed by atoms with Gasteiger partial charge in [-0.2, -0.15) is 0 Å². The van der Waals surface area contributed by atoms with Crippen molar-refractivity contribution in [3.05, 3.63) is 29.3 Å². The number of carbonyl (C=O) groups is 1. The molecule has 0 aromatic heterocycles. The largest absolute Gasteiger partial charge is 0.508 e. The number of aryl methyl sites for hydroxylation is 1. The number of nitrogens with one attached hydrogen (secondary N) is 1. The lowest BCUT2D eigenvalue weighted by molar-refractivity contribution is 0.0857. The van der Waals surface area contributed by atoms with Crippen molar-refractivity contribution in [1.82, 2.24) is 5.32 Å². The van der Waals surface area contributed by atoms with Gasteiger partial charge >= 0.3 is 0 Å². The molecular formula is C13H17NO3. The van der Waals surface area contributed by atoms with Crippen LogP contribution in [0, 0.1) is 6.92 Å². The first-order valence-corrected chi connectivity index (χ1v) is 5.86. The van der Waals surface area contributed by atoms with Gasteiger partial charge in [0.15, 0.2) is 0 Å². The molecule has 1 aromatic rings. The van der Waals surface area contributed by atoms with Crippen LogP contribution in [-0.4, -0.2) is 30.3 Å². The van der Waals surface area contributed by atoms with E-state index in [-0.39, 0.29) is 17.8 Å². The number of carbonyl (C=O) groups excluding carboxylic acids is 1. The van der Waals surface area contributed by atoms with E-state index in [0.717, 1.165) is 25.0 Å². The molecular weight excluding hydrogens is 218 g/mol. The summed E-state index contributed by atoms with van der Waals surface area (Å²) >= 11 is 0. The minimum absolute atomic E-state index is 0.113. The molecule has 0 radical (unpaired) electrons. The minimum Gasteiger partial charge on any atom is -0.508 e. The zero-order valence-electron chi connectivity index (χ0n) is 9.90. The van der Waals surface area contributed by atoms with Gasteiger partial charge in [-0.15, -0.1) is 0 Å². The number of rotatable bonds is 3. The maximum absolute atomic E-state index is 11.9. The summed E-state index contributed by atoms with van der Waals surface area (Å²) in [6, 6.07) is 4.74. The first-order chi connectivity index (χ1) is 8.16. The highest BCUT2D eigenvalue weighted by molar-refractivity contribution is 5.95. The van der Waals surface area contributed by atoms with Gasteiger partial charge in [0.25, 0.3) is 5.91 Å². The number of ether oxygens (including phenoxy) is 1. The second kappa shape index (κ2) is 5.19. The van der Waals surface area contributed by atoms with Gasteiger partial charge in [0.05, 0.1) is 6.10 Å². The van der Waals surface area contributed by atoms with Crippen molar-refractivity contribution in [2.45, 2.75) is 25.9 Å². The third-order valence-electron chi connectivity index (χ3n) is 2.97. The quantitative estimate of drug-likeness (QED) is 0.836. The Morgan fingerprint density at radius 1 is 1.59 bits per heavy atom. The topological polar surface area (TPSA) is 58.6 Å². The Morgan fingerprint density at radius 3 is 3.06 bits per heavy atom. The number of amides is 1. The van der Waals surface area contributed by atoms with E-state index >= 15 is 0 Å². The number of benzene rings is 1. The van der Waals surface area contributed by atoms with Gasteiger partial charge in [-0.25, -0.2) is 0 Å². The Bertz CT molecular complexity index is 411. The summed E-state index contributed by atoms with van der Waals surface area (Å²) in [6.45, 7) is 3.15. The molecule has 1 fully saturated rings. The molecule has 0 spiro atoms. The molecule has 4 nitrogen and oxygen atoms in total. The van der Waals surface area contributed by atoms with E-state index in [1.807, 2.05) is 0 Å². The molecule has 1 heterocycles. The zero-order valence-corrected chi connectivity index (χ0v) is 9.90. The fraction of sp³-hybridized carbons (Fsp3) is 0.462. The van der Waals surface area contributed by atoms with Crippen LogP contribution >= 0.6 is 0 Å². The van der Waals surface area contributed by atoms with Crippen molar-refractivity contribution in [3.63, 3.8) is 0 Å². The smallest absolute Gasteiger partial charge is 0.251 e. The van der Waals surface area contributed by atoms with E-state index in [1.54, 1.807) is 19.1 Å². The number of aromatic hydroxyl groups is 1. The molecule has 0 aliphatic carbocycles. The standard InChI is InChI=1S/C13H17NO3/c1-9-7-10(15)4-5-12(9)13(16)14-8-11-3-2-6-17-11/h4-5,7,11,15H,2-3,6,8H2,1H3,(H,14,16). The molecule has 1 aliphatic heterocycles. The van der Waals surface area contributed by atoms with Crippen molar-refractivity contribution in [3.8, 4) is 5.75 Å². The minimum atomic E-state index is -0.113. The highest BCUT2D eigenvalue weighted by Gasteiger charge is 2.17. The first kappa shape index (κ1) is 11.9. The van der Waals surface area contributed by atoms with Crippen LogP contribution in [0.2, 0.25) is 0 Å². The van der Waals surface area contributed by atoms with Gasteiger partial charge in [-0.05, 0) is 43.5 Å². The number of phenolic OH excluding ortho intramolecular Hbond substituents is 1. The van der Waals surface area contributed by atoms with E-state index in [2.05, 4.69) is 5.32 Å². The Labute approximate surface area is 101 Å². The zero-order chi connectivity index (χ0) is 12.3. The summed E-state index contributed by atoms with van der Waals surface area (Å²) in [5.74, 6) is 0.0659. The summed E-state index contributed by atoms with van der Waals surface area (Å²) in [7, 11) is 0. The normalized spacial score (nSPS) is 19.2. The second-order valence-electron chi connectivity index (χ2n) is 4.34. The molecule has 4 heteroatoms. The van der Waals surface area contributed by atoms with Crippen LogP contribution in [0.4, 0.5) is 0 Å². The molecule has 1 amide bonds. The van der Waals surface area contributed by atoms with Crippen molar-refractivity contribution in [2.75, 3.05) is 13.2 Å². The molecule has 92 valence electrons. The second-order valence-corrected chi connectivity index (χ2v) is 4.34. The van der Waals surface area contributed by atoms with Crippen molar-refractivity contribution >= 4 is 5.91 Å². The van der Waals surface area contributed by atoms with Crippen LogP contribution in [0.5, 0.6) is 5.75 Å². The fourth-order valence-electron chi connectivity index (χ4n) is 2.01. The van der Waals surface area contributed by atoms with Crippen LogP contribution in [0.3, 0.4) is 0 Å². The SMILES string of the molecule is Cc1cc(O)ccc1C(=O)NCC1CCCO1. The number of phenols is 1. The molecule has 1 atom stereocenters. The van der Waals surface area contributed by atoms with Gasteiger partial charge < -0.3 is 15.2 Å². The van der Waals surface area contributed by atoms with Gasteiger partial charge in [-0.3, -0.25) is 4.79 Å². The molecule has 1 aliphatic rings. The summed E-state index contributed by atoms with van der Waals surface area (Å²) in [5.41, 5.74) is 1.37. The average Bonchev–Trinajstić information content (AvgIpc) is 2.78. The molecule has 0 saturated carbocycles. The van der Waals surface area contributed by atoms with Crippen LogP contribution < -0.4 is 5.32 Å². The molecule has 2 N–H and O–H groups in total. The van der Waals surface area contributed by atoms with E-state index in [4.69, 9.17) is 4.74 Å². The third-order valence-corrected chi connectivity index (χ3v) is 2.97. The van der Waals surface area contributed by atoms with Gasteiger partial charge in [0.2, 0.25) is 0 Å². The van der Waals surface area contributed by atoms with Gasteiger partial charge in [0, 0.05) is 18.7 Å². The molecule has 0 bridgehead atoms. The first-order valence-electron chi connectivity index (χ1n) is 5.86. The molecule has 1 aromatic carbocycles. The average molecular weight is 235 g/mol.